The molecule has 0 saturated heterocycles. The van der Waals surface area contributed by atoms with Crippen LogP contribution in [0.1, 0.15) is 19.8 Å². The summed E-state index contributed by atoms with van der Waals surface area (Å²) >= 11 is 0. The van der Waals surface area contributed by atoms with Crippen molar-refractivity contribution in [1.82, 2.24) is 5.32 Å². The average Bonchev–Trinajstić information content (AvgIpc) is 2.80. The molecule has 1 saturated carbocycles. The van der Waals surface area contributed by atoms with E-state index in [2.05, 4.69) is 18.8 Å². The van der Waals surface area contributed by atoms with Crippen molar-refractivity contribution in [3.05, 3.63) is 12.7 Å². The molecule has 0 aromatic heterocycles. The highest BCUT2D eigenvalue weighted by atomic mass is 16.1. The maximum atomic E-state index is 10.0. The number of amides is 1. The zero-order chi connectivity index (χ0) is 8.97. The van der Waals surface area contributed by atoms with Crippen molar-refractivity contribution >= 4 is 6.41 Å². The van der Waals surface area contributed by atoms with Gasteiger partial charge < -0.3 is 5.32 Å². The Labute approximate surface area is 74.0 Å². The summed E-state index contributed by atoms with van der Waals surface area (Å²) in [6.45, 7) is 6.76. The molecule has 0 radical (unpaired) electrons. The van der Waals surface area contributed by atoms with Gasteiger partial charge in [-0.3, -0.25) is 4.79 Å². The van der Waals surface area contributed by atoms with Crippen molar-refractivity contribution in [3.63, 3.8) is 0 Å². The molecular formula is C10H17NO. The van der Waals surface area contributed by atoms with Crippen LogP contribution in [0, 0.1) is 17.8 Å². The fourth-order valence-corrected chi connectivity index (χ4v) is 1.68. The third kappa shape index (κ3) is 2.68. The summed E-state index contributed by atoms with van der Waals surface area (Å²) in [7, 11) is 0. The molecule has 3 atom stereocenters. The lowest BCUT2D eigenvalue weighted by molar-refractivity contribution is -0.109. The van der Waals surface area contributed by atoms with Gasteiger partial charge in [0.1, 0.15) is 0 Å². The van der Waals surface area contributed by atoms with E-state index in [9.17, 15) is 4.79 Å². The molecule has 68 valence electrons. The van der Waals surface area contributed by atoms with Crippen LogP contribution in [0.15, 0.2) is 12.7 Å². The van der Waals surface area contributed by atoms with E-state index in [0.29, 0.717) is 5.92 Å². The Morgan fingerprint density at radius 2 is 2.50 bits per heavy atom. The maximum Gasteiger partial charge on any atom is 0.207 e. The van der Waals surface area contributed by atoms with Gasteiger partial charge in [0.15, 0.2) is 0 Å². The Bertz CT molecular complexity index is 167. The highest BCUT2D eigenvalue weighted by Crippen LogP contribution is 2.43. The second-order valence-corrected chi connectivity index (χ2v) is 3.76. The Hall–Kier alpha value is -0.790. The van der Waals surface area contributed by atoms with E-state index in [1.165, 1.54) is 12.8 Å². The zero-order valence-electron chi connectivity index (χ0n) is 7.62. The summed E-state index contributed by atoms with van der Waals surface area (Å²) < 4.78 is 0. The summed E-state index contributed by atoms with van der Waals surface area (Å²) in [5, 5.41) is 2.71. The van der Waals surface area contributed by atoms with Gasteiger partial charge in [-0.1, -0.05) is 13.0 Å². The first kappa shape index (κ1) is 9.30. The first-order valence-corrected chi connectivity index (χ1v) is 4.57. The third-order valence-corrected chi connectivity index (χ3v) is 2.53. The predicted molar refractivity (Wildman–Crippen MR) is 49.6 cm³/mol. The van der Waals surface area contributed by atoms with Crippen molar-refractivity contribution < 1.29 is 4.79 Å². The SMILES string of the molecule is C=CC1CC1CC(C)CNC=O. The third-order valence-electron chi connectivity index (χ3n) is 2.53. The number of hydrogen-bond acceptors (Lipinski definition) is 1. The molecule has 2 nitrogen and oxygen atoms in total. The van der Waals surface area contributed by atoms with Crippen LogP contribution in [0.25, 0.3) is 0 Å². The van der Waals surface area contributed by atoms with Crippen molar-refractivity contribution in [2.45, 2.75) is 19.8 Å². The van der Waals surface area contributed by atoms with E-state index in [4.69, 9.17) is 0 Å². The molecule has 1 N–H and O–H groups in total. The van der Waals surface area contributed by atoms with Gasteiger partial charge in [-0.25, -0.2) is 0 Å². The molecular weight excluding hydrogens is 150 g/mol. The zero-order valence-corrected chi connectivity index (χ0v) is 7.62. The number of carbonyl (C=O) groups is 1. The average molecular weight is 167 g/mol. The van der Waals surface area contributed by atoms with E-state index < -0.39 is 0 Å². The normalized spacial score (nSPS) is 29.1. The second kappa shape index (κ2) is 4.29. The number of carbonyl (C=O) groups excluding carboxylic acids is 1. The largest absolute Gasteiger partial charge is 0.358 e. The van der Waals surface area contributed by atoms with Crippen molar-refractivity contribution in [3.8, 4) is 0 Å². The smallest absolute Gasteiger partial charge is 0.207 e. The molecule has 0 aromatic rings. The lowest BCUT2D eigenvalue weighted by Crippen LogP contribution is -2.19. The molecule has 1 aliphatic rings. The lowest BCUT2D eigenvalue weighted by atomic mass is 10.0. The van der Waals surface area contributed by atoms with Crippen LogP contribution in [0.2, 0.25) is 0 Å². The van der Waals surface area contributed by atoms with Gasteiger partial charge in [0, 0.05) is 6.54 Å². The van der Waals surface area contributed by atoms with Gasteiger partial charge in [0.25, 0.3) is 0 Å². The molecule has 12 heavy (non-hydrogen) atoms. The number of hydrogen-bond donors (Lipinski definition) is 1. The molecule has 1 aliphatic carbocycles. The van der Waals surface area contributed by atoms with E-state index in [0.717, 1.165) is 24.8 Å². The topological polar surface area (TPSA) is 29.1 Å². The molecule has 0 bridgehead atoms. The second-order valence-electron chi connectivity index (χ2n) is 3.76. The van der Waals surface area contributed by atoms with Crippen LogP contribution in [0.4, 0.5) is 0 Å². The minimum absolute atomic E-state index is 0.602. The highest BCUT2D eigenvalue weighted by molar-refractivity contribution is 5.45. The van der Waals surface area contributed by atoms with Crippen LogP contribution >= 0.6 is 0 Å². The number of allylic oxidation sites excluding steroid dienone is 1. The number of rotatable bonds is 6. The fraction of sp³-hybridized carbons (Fsp3) is 0.700. The predicted octanol–water partition coefficient (Wildman–Crippen LogP) is 1.58. The van der Waals surface area contributed by atoms with Gasteiger partial charge in [0.2, 0.25) is 6.41 Å². The van der Waals surface area contributed by atoms with Crippen LogP contribution in [-0.2, 0) is 4.79 Å². The van der Waals surface area contributed by atoms with Crippen molar-refractivity contribution in [2.24, 2.45) is 17.8 Å². The summed E-state index contributed by atoms with van der Waals surface area (Å²) in [6.07, 6.45) is 5.34. The van der Waals surface area contributed by atoms with E-state index >= 15 is 0 Å². The molecule has 0 aromatic carbocycles. The van der Waals surface area contributed by atoms with Gasteiger partial charge in [0.05, 0.1) is 0 Å². The molecule has 3 unspecified atom stereocenters. The Kier molecular flexibility index (Phi) is 3.32. The minimum atomic E-state index is 0.602. The van der Waals surface area contributed by atoms with Crippen molar-refractivity contribution in [1.29, 1.82) is 0 Å². The minimum Gasteiger partial charge on any atom is -0.358 e. The first-order valence-electron chi connectivity index (χ1n) is 4.57. The molecule has 2 heteroatoms. The van der Waals surface area contributed by atoms with E-state index in [1.807, 2.05) is 6.08 Å². The van der Waals surface area contributed by atoms with Crippen LogP contribution in [0.5, 0.6) is 0 Å². The Balaban J connectivity index is 2.06. The summed E-state index contributed by atoms with van der Waals surface area (Å²) in [5.41, 5.74) is 0. The standard InChI is InChI=1S/C10H17NO/c1-3-9-5-10(9)4-8(2)6-11-7-12/h3,7-10H,1,4-6H2,2H3,(H,11,12). The Morgan fingerprint density at radius 1 is 1.75 bits per heavy atom. The molecule has 1 rings (SSSR count). The van der Waals surface area contributed by atoms with Gasteiger partial charge in [-0.15, -0.1) is 6.58 Å². The molecule has 0 heterocycles. The molecule has 1 fully saturated rings. The maximum absolute atomic E-state index is 10.0. The lowest BCUT2D eigenvalue weighted by Gasteiger charge is -2.08. The summed E-state index contributed by atoms with van der Waals surface area (Å²) in [5.74, 6) is 2.19. The highest BCUT2D eigenvalue weighted by Gasteiger charge is 2.34. The summed E-state index contributed by atoms with van der Waals surface area (Å²) in [4.78, 5) is 10.0. The molecule has 1 amide bonds. The van der Waals surface area contributed by atoms with E-state index in [1.54, 1.807) is 0 Å². The van der Waals surface area contributed by atoms with Crippen LogP contribution in [0.3, 0.4) is 0 Å². The number of nitrogens with one attached hydrogen (secondary N) is 1. The first-order chi connectivity index (χ1) is 5.77. The van der Waals surface area contributed by atoms with Crippen molar-refractivity contribution in [2.75, 3.05) is 6.54 Å². The monoisotopic (exact) mass is 167 g/mol. The fourth-order valence-electron chi connectivity index (χ4n) is 1.68. The Morgan fingerprint density at radius 3 is 3.00 bits per heavy atom. The van der Waals surface area contributed by atoms with E-state index in [-0.39, 0.29) is 0 Å². The van der Waals surface area contributed by atoms with Gasteiger partial charge in [-0.2, -0.15) is 0 Å². The van der Waals surface area contributed by atoms with Gasteiger partial charge in [-0.05, 0) is 30.6 Å². The quantitative estimate of drug-likeness (QED) is 0.472. The van der Waals surface area contributed by atoms with Crippen LogP contribution in [-0.4, -0.2) is 13.0 Å². The molecule has 0 aliphatic heterocycles. The van der Waals surface area contributed by atoms with Crippen LogP contribution < -0.4 is 5.32 Å². The molecule has 0 spiro atoms. The summed E-state index contributed by atoms with van der Waals surface area (Å²) in [6, 6.07) is 0. The van der Waals surface area contributed by atoms with Gasteiger partial charge >= 0.3 is 0 Å².